The van der Waals surface area contributed by atoms with E-state index in [1.165, 1.54) is 4.57 Å². The summed E-state index contributed by atoms with van der Waals surface area (Å²) in [6.07, 6.45) is 5.08. The van der Waals surface area contributed by atoms with Crippen molar-refractivity contribution in [2.45, 2.75) is 26.2 Å². The number of pyridine rings is 1. The molecule has 8 aromatic carbocycles. The summed E-state index contributed by atoms with van der Waals surface area (Å²) in [4.78, 5) is 4.79. The van der Waals surface area contributed by atoms with Crippen molar-refractivity contribution in [2.24, 2.45) is 0 Å². The van der Waals surface area contributed by atoms with Gasteiger partial charge in [-0.1, -0.05) is 153 Å². The largest absolute Gasteiger partial charge is 0.510 e. The Morgan fingerprint density at radius 3 is 1.95 bits per heavy atom. The van der Waals surface area contributed by atoms with Gasteiger partial charge in [0, 0.05) is 49.8 Å². The van der Waals surface area contributed by atoms with Crippen LogP contribution >= 0.6 is 0 Å². The van der Waals surface area contributed by atoms with Crippen molar-refractivity contribution in [2.75, 3.05) is 0 Å². The van der Waals surface area contributed by atoms with Crippen LogP contribution in [0.15, 0.2) is 188 Å². The molecule has 64 heavy (non-hydrogen) atoms. The Morgan fingerprint density at radius 2 is 1.22 bits per heavy atom. The molecule has 5 nitrogen and oxygen atoms in total. The Bertz CT molecular complexity index is 4480. The molecule has 310 valence electrons. The van der Waals surface area contributed by atoms with Crippen molar-refractivity contribution in [3.05, 3.63) is 212 Å². The fourth-order valence-electron chi connectivity index (χ4n) is 8.39. The van der Waals surface area contributed by atoms with Crippen molar-refractivity contribution >= 4 is 32.8 Å². The first-order chi connectivity index (χ1) is 37.1. The van der Waals surface area contributed by atoms with Gasteiger partial charge >= 0.3 is 0 Å². The Labute approximate surface area is 407 Å². The molecule has 3 aromatic heterocycles. The fourth-order valence-corrected chi connectivity index (χ4v) is 8.39. The average Bonchev–Trinajstić information content (AvgIpc) is 4.03. The van der Waals surface area contributed by atoms with Gasteiger partial charge in [-0.05, 0) is 85.2 Å². The molecule has 12 rings (SSSR count). The molecule has 6 heteroatoms. The molecular weight excluding hydrogens is 964 g/mol. The Balaban J connectivity index is 0.00000660. The van der Waals surface area contributed by atoms with Crippen molar-refractivity contribution in [3.8, 4) is 73.2 Å². The normalized spacial score (nSPS) is 15.1. The monoisotopic (exact) mass is 1020 g/mol. The number of fused-ring (bicyclic) bond motifs is 12. The summed E-state index contributed by atoms with van der Waals surface area (Å²) in [5, 5.41) is 1.94. The van der Waals surface area contributed by atoms with Gasteiger partial charge in [0.25, 0.3) is 6.33 Å². The van der Waals surface area contributed by atoms with Crippen LogP contribution in [-0.2, 0) is 26.5 Å². The molecule has 0 unspecified atom stereocenters. The third-order valence-corrected chi connectivity index (χ3v) is 11.3. The van der Waals surface area contributed by atoms with E-state index in [1.54, 1.807) is 53.2 Å². The average molecular weight is 1020 g/mol. The molecular formula is C58H40N4OPt-2. The summed E-state index contributed by atoms with van der Waals surface area (Å²) in [5.74, 6) is 1.35. The standard InChI is InChI=1S/C58H40N4O.Pt/c1-58(2,3)38-32-33-59-56(34-38)62-51-26-11-10-23-47(51)48-31-30-41(36-55(48)62)63-40-17-14-16-39(35-40)60-37-61(53-28-13-12-27-52(53)60)54-29-15-25-50-46-21-7-6-20-44(46)42-18-4-5-19-43(42)45-22-8-9-24-49(45)57(50)54;/h4-34H,1-3H3;/q-2;/i4D,5D,6D,7D,8D,9D,15D,18D,19D,20D,21D,22D,24D,25D,29D;. The van der Waals surface area contributed by atoms with Crippen LogP contribution in [0.4, 0.5) is 0 Å². The quantitative estimate of drug-likeness (QED) is 0.127. The summed E-state index contributed by atoms with van der Waals surface area (Å²) >= 11 is 0. The maximum atomic E-state index is 9.73. The van der Waals surface area contributed by atoms with E-state index in [1.807, 2.05) is 42.5 Å². The predicted octanol–water partition coefficient (Wildman–Crippen LogP) is 13.9. The molecule has 1 aliphatic rings. The van der Waals surface area contributed by atoms with Crippen LogP contribution in [0.2, 0.25) is 0 Å². The maximum absolute atomic E-state index is 9.73. The van der Waals surface area contributed by atoms with Crippen LogP contribution in [0, 0.1) is 18.5 Å². The summed E-state index contributed by atoms with van der Waals surface area (Å²) in [6.45, 7) is 6.44. The molecule has 11 aromatic rings. The van der Waals surface area contributed by atoms with Crippen molar-refractivity contribution < 1.29 is 50.9 Å². The molecule has 0 N–H and O–H groups in total. The fraction of sp³-hybridized carbons (Fsp3) is 0.0690. The van der Waals surface area contributed by atoms with Gasteiger partial charge in [-0.3, -0.25) is 4.57 Å². The van der Waals surface area contributed by atoms with Crippen LogP contribution in [0.3, 0.4) is 0 Å². The minimum atomic E-state index is -0.794. The molecule has 0 radical (unpaired) electrons. The first-order valence-electron chi connectivity index (χ1n) is 27.7. The topological polar surface area (TPSA) is 35.9 Å². The second-order valence-electron chi connectivity index (χ2n) is 16.1. The van der Waals surface area contributed by atoms with Crippen molar-refractivity contribution in [1.29, 1.82) is 0 Å². The Hall–Kier alpha value is -7.33. The van der Waals surface area contributed by atoms with Gasteiger partial charge in [-0.15, -0.1) is 29.7 Å². The number of ether oxygens (including phenoxy) is 1. The third kappa shape index (κ3) is 6.42. The number of rotatable bonds is 5. The molecule has 0 fully saturated rings. The van der Waals surface area contributed by atoms with Gasteiger partial charge in [-0.2, -0.15) is 18.2 Å². The van der Waals surface area contributed by atoms with Crippen LogP contribution in [0.25, 0.3) is 94.5 Å². The predicted molar refractivity (Wildman–Crippen MR) is 254 cm³/mol. The van der Waals surface area contributed by atoms with Gasteiger partial charge in [0.2, 0.25) is 0 Å². The Morgan fingerprint density at radius 1 is 0.594 bits per heavy atom. The molecule has 0 saturated heterocycles. The Kier molecular flexibility index (Phi) is 6.37. The third-order valence-electron chi connectivity index (χ3n) is 11.3. The van der Waals surface area contributed by atoms with E-state index >= 15 is 0 Å². The van der Waals surface area contributed by atoms with Crippen LogP contribution in [0.1, 0.15) is 46.9 Å². The molecule has 0 atom stereocenters. The van der Waals surface area contributed by atoms with Gasteiger partial charge in [-0.25, -0.2) is 4.98 Å². The van der Waals surface area contributed by atoms with E-state index < -0.39 is 130 Å². The summed E-state index contributed by atoms with van der Waals surface area (Å²) < 4.78 is 150. The molecule has 0 saturated carbocycles. The number of aromatic nitrogens is 4. The zero-order valence-corrected chi connectivity index (χ0v) is 36.5. The van der Waals surface area contributed by atoms with Crippen LogP contribution in [-0.4, -0.2) is 14.1 Å². The number of hydrogen-bond donors (Lipinski definition) is 0. The van der Waals surface area contributed by atoms with Crippen molar-refractivity contribution in [3.63, 3.8) is 0 Å². The molecule has 0 spiro atoms. The minimum Gasteiger partial charge on any atom is -0.510 e. The number of hydrogen-bond acceptors (Lipinski definition) is 2. The van der Waals surface area contributed by atoms with Gasteiger partial charge < -0.3 is 13.9 Å². The zero-order valence-electron chi connectivity index (χ0n) is 49.3. The second-order valence-corrected chi connectivity index (χ2v) is 16.1. The number of para-hydroxylation sites is 3. The first kappa shape index (κ1) is 26.3. The van der Waals surface area contributed by atoms with Gasteiger partial charge in [0.05, 0.1) is 37.3 Å². The van der Waals surface area contributed by atoms with E-state index in [0.717, 1.165) is 27.4 Å². The van der Waals surface area contributed by atoms with Crippen molar-refractivity contribution in [1.82, 2.24) is 14.1 Å². The van der Waals surface area contributed by atoms with Gasteiger partial charge in [0.1, 0.15) is 5.82 Å². The molecule has 0 bridgehead atoms. The van der Waals surface area contributed by atoms with E-state index in [-0.39, 0.29) is 43.5 Å². The van der Waals surface area contributed by atoms with E-state index in [0.29, 0.717) is 28.3 Å². The van der Waals surface area contributed by atoms with Gasteiger partial charge in [0.15, 0.2) is 0 Å². The minimum absolute atomic E-state index is 0. The van der Waals surface area contributed by atoms with Crippen LogP contribution in [0.5, 0.6) is 11.5 Å². The summed E-state index contributed by atoms with van der Waals surface area (Å²) in [6, 6.07) is 23.3. The molecule has 3 heterocycles. The number of imidazole rings is 1. The first-order valence-corrected chi connectivity index (χ1v) is 20.2. The zero-order chi connectivity index (χ0) is 55.3. The number of benzene rings is 8. The molecule has 0 aliphatic heterocycles. The molecule has 0 amide bonds. The summed E-state index contributed by atoms with van der Waals surface area (Å²) in [7, 11) is 0. The smallest absolute Gasteiger partial charge is 0.268 e. The van der Waals surface area contributed by atoms with E-state index in [4.69, 9.17) is 17.9 Å². The molecule has 1 aliphatic carbocycles. The van der Waals surface area contributed by atoms with E-state index in [2.05, 4.69) is 49.9 Å². The van der Waals surface area contributed by atoms with Crippen LogP contribution < -0.4 is 9.30 Å². The second kappa shape index (κ2) is 15.5. The van der Waals surface area contributed by atoms with E-state index in [9.17, 15) is 12.3 Å². The number of nitrogens with zero attached hydrogens (tertiary/aromatic N) is 4. The SMILES string of the molecule is [2H]c1c([2H])c([2H])c2c(c1[2H])-c1c([2H])c([2H])c([2H])c([2H])c1-c1c([2H])c([2H])c([2H])c(-[n+]3[c-]n(-c4[c-]c(Oc5[c-]c6c(cc5)c5ccccc5n6-c5cc(C(C)(C)C)ccn5)ccc4)c4ccccc43)c1-c1c([2H])c([2H])c([2H])c([2H])c1-2.[Pt]. The maximum Gasteiger partial charge on any atom is 0.268 e. The summed E-state index contributed by atoms with van der Waals surface area (Å²) in [5.41, 5.74) is -0.197.